The standard InChI is InChI=1S/C29H39N3O5.ClH/c1-21-17-32(20-24(34)19-31-11-8-22-4-2-3-5-23(22)18-31)29(35)27-7-6-26(16-28(27)36-21)37-25-9-12-30(13-10-25)14-15-33;/h2-7,16,21,24-25,33-34H,8-15,17-20H2,1H3;1H/t21-,24?;/m1./s1. The number of nitrogens with zero attached hydrogens (tertiary/aromatic N) is 3. The molecule has 2 atom stereocenters. The molecule has 2 aromatic carbocycles. The Morgan fingerprint density at radius 2 is 1.82 bits per heavy atom. The summed E-state index contributed by atoms with van der Waals surface area (Å²) in [5.41, 5.74) is 3.21. The van der Waals surface area contributed by atoms with Crippen LogP contribution in [-0.4, -0.2) is 102 Å². The third-order valence-electron chi connectivity index (χ3n) is 7.64. The number of aliphatic hydroxyl groups excluding tert-OH is 2. The lowest BCUT2D eigenvalue weighted by atomic mass is 10.00. The molecule has 2 N–H and O–H groups in total. The number of carbonyl (C=O) groups excluding carboxylic acids is 1. The number of hydrogen-bond donors (Lipinski definition) is 2. The highest BCUT2D eigenvalue weighted by Gasteiger charge is 2.30. The van der Waals surface area contributed by atoms with Crippen molar-refractivity contribution in [3.8, 4) is 11.5 Å². The lowest BCUT2D eigenvalue weighted by Gasteiger charge is -2.32. The zero-order chi connectivity index (χ0) is 25.8. The van der Waals surface area contributed by atoms with Crippen molar-refractivity contribution in [1.82, 2.24) is 14.7 Å². The van der Waals surface area contributed by atoms with Gasteiger partial charge < -0.3 is 29.5 Å². The van der Waals surface area contributed by atoms with Gasteiger partial charge in [-0.05, 0) is 49.4 Å². The summed E-state index contributed by atoms with van der Waals surface area (Å²) in [7, 11) is 0. The van der Waals surface area contributed by atoms with Gasteiger partial charge in [-0.15, -0.1) is 12.4 Å². The van der Waals surface area contributed by atoms with E-state index in [9.17, 15) is 9.90 Å². The van der Waals surface area contributed by atoms with Crippen molar-refractivity contribution in [3.05, 3.63) is 59.2 Å². The number of fused-ring (bicyclic) bond motifs is 2. The molecular weight excluding hydrogens is 506 g/mol. The number of ether oxygens (including phenoxy) is 2. The van der Waals surface area contributed by atoms with E-state index in [2.05, 4.69) is 34.1 Å². The van der Waals surface area contributed by atoms with Crippen molar-refractivity contribution < 1.29 is 24.5 Å². The van der Waals surface area contributed by atoms with Crippen LogP contribution < -0.4 is 9.47 Å². The molecule has 0 saturated carbocycles. The van der Waals surface area contributed by atoms with Crippen LogP contribution >= 0.6 is 12.4 Å². The maximum atomic E-state index is 13.4. The van der Waals surface area contributed by atoms with Crippen molar-refractivity contribution in [1.29, 1.82) is 0 Å². The number of halogens is 1. The molecule has 1 fully saturated rings. The molecule has 3 aliphatic heterocycles. The van der Waals surface area contributed by atoms with Crippen LogP contribution in [0.15, 0.2) is 42.5 Å². The number of amides is 1. The Balaban J connectivity index is 0.00000336. The fourth-order valence-electron chi connectivity index (χ4n) is 5.73. The quantitative estimate of drug-likeness (QED) is 0.527. The molecule has 0 aromatic heterocycles. The van der Waals surface area contributed by atoms with Crippen LogP contribution in [0, 0.1) is 0 Å². The number of β-amino-alcohol motifs (C(OH)–C–C–N with tert-alkyl or cyclic N) is 2. The minimum Gasteiger partial charge on any atom is -0.490 e. The van der Waals surface area contributed by atoms with Gasteiger partial charge in [0.25, 0.3) is 5.91 Å². The molecule has 208 valence electrons. The lowest BCUT2D eigenvalue weighted by molar-refractivity contribution is 0.0454. The summed E-state index contributed by atoms with van der Waals surface area (Å²) >= 11 is 0. The molecule has 0 spiro atoms. The summed E-state index contributed by atoms with van der Waals surface area (Å²) in [5.74, 6) is 1.13. The number of hydrogen-bond acceptors (Lipinski definition) is 7. The van der Waals surface area contributed by atoms with Crippen LogP contribution in [0.4, 0.5) is 0 Å². The third kappa shape index (κ3) is 6.98. The summed E-state index contributed by atoms with van der Waals surface area (Å²) < 4.78 is 12.4. The van der Waals surface area contributed by atoms with Crippen molar-refractivity contribution in [3.63, 3.8) is 0 Å². The first-order valence-corrected chi connectivity index (χ1v) is 13.6. The molecule has 3 aliphatic rings. The van der Waals surface area contributed by atoms with E-state index in [1.54, 1.807) is 11.0 Å². The molecule has 0 radical (unpaired) electrons. The summed E-state index contributed by atoms with van der Waals surface area (Å²) in [6, 6.07) is 13.9. The zero-order valence-corrected chi connectivity index (χ0v) is 22.9. The molecule has 2 aromatic rings. The summed E-state index contributed by atoms with van der Waals surface area (Å²) in [4.78, 5) is 19.7. The Morgan fingerprint density at radius 3 is 2.58 bits per heavy atom. The molecule has 1 unspecified atom stereocenters. The number of aliphatic hydroxyl groups is 2. The Kier molecular flexibility index (Phi) is 9.90. The van der Waals surface area contributed by atoms with Gasteiger partial charge in [-0.3, -0.25) is 9.69 Å². The second-order valence-electron chi connectivity index (χ2n) is 10.6. The molecular formula is C29H40ClN3O5. The van der Waals surface area contributed by atoms with Crippen LogP contribution in [-0.2, 0) is 13.0 Å². The Bertz CT molecular complexity index is 1080. The maximum absolute atomic E-state index is 13.4. The van der Waals surface area contributed by atoms with Gasteiger partial charge in [0, 0.05) is 51.9 Å². The first kappa shape index (κ1) is 28.6. The van der Waals surface area contributed by atoms with Gasteiger partial charge in [0.05, 0.1) is 24.8 Å². The van der Waals surface area contributed by atoms with Gasteiger partial charge in [0.1, 0.15) is 23.7 Å². The van der Waals surface area contributed by atoms with Crippen LogP contribution in [0.25, 0.3) is 0 Å². The highest BCUT2D eigenvalue weighted by atomic mass is 35.5. The average Bonchev–Trinajstić information content (AvgIpc) is 3.00. The van der Waals surface area contributed by atoms with Crippen molar-refractivity contribution in [2.45, 2.75) is 51.0 Å². The lowest BCUT2D eigenvalue weighted by Crippen LogP contribution is -2.45. The molecule has 8 nitrogen and oxygen atoms in total. The normalized spacial score (nSPS) is 21.5. The number of likely N-dealkylation sites (tertiary alicyclic amines) is 1. The van der Waals surface area contributed by atoms with E-state index in [4.69, 9.17) is 14.6 Å². The van der Waals surface area contributed by atoms with Crippen molar-refractivity contribution >= 4 is 18.3 Å². The largest absolute Gasteiger partial charge is 0.490 e. The number of benzene rings is 2. The van der Waals surface area contributed by atoms with Gasteiger partial charge in [0.15, 0.2) is 0 Å². The summed E-state index contributed by atoms with van der Waals surface area (Å²) in [6.45, 7) is 7.62. The predicted molar refractivity (Wildman–Crippen MR) is 148 cm³/mol. The Hall–Kier alpha value is -2.36. The molecule has 3 heterocycles. The summed E-state index contributed by atoms with van der Waals surface area (Å²) in [6.07, 6.45) is 2.07. The molecule has 0 aliphatic carbocycles. The number of piperidine rings is 1. The van der Waals surface area contributed by atoms with Gasteiger partial charge >= 0.3 is 0 Å². The van der Waals surface area contributed by atoms with E-state index in [1.165, 1.54) is 11.1 Å². The Labute approximate surface area is 231 Å². The minimum absolute atomic E-state index is 0. The molecule has 1 saturated heterocycles. The Morgan fingerprint density at radius 1 is 1.05 bits per heavy atom. The van der Waals surface area contributed by atoms with Gasteiger partial charge in [-0.1, -0.05) is 24.3 Å². The predicted octanol–water partition coefficient (Wildman–Crippen LogP) is 2.59. The van der Waals surface area contributed by atoms with E-state index >= 15 is 0 Å². The monoisotopic (exact) mass is 545 g/mol. The zero-order valence-electron chi connectivity index (χ0n) is 22.1. The van der Waals surface area contributed by atoms with Gasteiger partial charge in [0.2, 0.25) is 0 Å². The molecule has 9 heteroatoms. The second kappa shape index (κ2) is 13.1. The van der Waals surface area contributed by atoms with E-state index in [0.29, 0.717) is 36.7 Å². The fourth-order valence-corrected chi connectivity index (χ4v) is 5.73. The first-order chi connectivity index (χ1) is 18.0. The van der Waals surface area contributed by atoms with Crippen molar-refractivity contribution in [2.75, 3.05) is 52.4 Å². The highest BCUT2D eigenvalue weighted by Crippen LogP contribution is 2.31. The van der Waals surface area contributed by atoms with E-state index in [1.807, 2.05) is 19.1 Å². The maximum Gasteiger partial charge on any atom is 0.257 e. The van der Waals surface area contributed by atoms with E-state index < -0.39 is 6.10 Å². The summed E-state index contributed by atoms with van der Waals surface area (Å²) in [5, 5.41) is 20.0. The first-order valence-electron chi connectivity index (χ1n) is 13.6. The van der Waals surface area contributed by atoms with Crippen molar-refractivity contribution in [2.24, 2.45) is 0 Å². The van der Waals surface area contributed by atoms with Crippen LogP contribution in [0.1, 0.15) is 41.3 Å². The smallest absolute Gasteiger partial charge is 0.257 e. The number of carbonyl (C=O) groups is 1. The number of rotatable bonds is 8. The van der Waals surface area contributed by atoms with Gasteiger partial charge in [-0.25, -0.2) is 0 Å². The topological polar surface area (TPSA) is 85.7 Å². The second-order valence-corrected chi connectivity index (χ2v) is 10.6. The minimum atomic E-state index is -0.637. The van der Waals surface area contributed by atoms with Gasteiger partial charge in [-0.2, -0.15) is 0 Å². The van der Waals surface area contributed by atoms with Crippen LogP contribution in [0.5, 0.6) is 11.5 Å². The van der Waals surface area contributed by atoms with Crippen LogP contribution in [0.2, 0.25) is 0 Å². The SMILES string of the molecule is C[C@@H]1CN(CC(O)CN2CCc3ccccc3C2)C(=O)c2ccc(OC3CCN(CCO)CC3)cc2O1.Cl. The average molecular weight is 546 g/mol. The van der Waals surface area contributed by atoms with E-state index in [0.717, 1.165) is 45.4 Å². The van der Waals surface area contributed by atoms with E-state index in [-0.39, 0.29) is 43.7 Å². The van der Waals surface area contributed by atoms with Crippen LogP contribution in [0.3, 0.4) is 0 Å². The molecule has 1 amide bonds. The molecule has 5 rings (SSSR count). The third-order valence-corrected chi connectivity index (χ3v) is 7.64. The fraction of sp³-hybridized carbons (Fsp3) is 0.552. The molecule has 38 heavy (non-hydrogen) atoms. The highest BCUT2D eigenvalue weighted by molar-refractivity contribution is 5.97. The molecule has 0 bridgehead atoms.